The van der Waals surface area contributed by atoms with Gasteiger partial charge in [-0.15, -0.1) is 0 Å². The Balaban J connectivity index is 1.72. The molecule has 0 spiro atoms. The van der Waals surface area contributed by atoms with Gasteiger partial charge in [-0.3, -0.25) is 14.6 Å². The normalized spacial score (nSPS) is 11.5. The minimum absolute atomic E-state index is 0.144. The molecule has 28 heavy (non-hydrogen) atoms. The Morgan fingerprint density at radius 1 is 0.929 bits per heavy atom. The third kappa shape index (κ3) is 4.62. The summed E-state index contributed by atoms with van der Waals surface area (Å²) in [5, 5.41) is 5.80. The first-order valence-corrected chi connectivity index (χ1v) is 9.14. The summed E-state index contributed by atoms with van der Waals surface area (Å²) >= 11 is 0. The largest absolute Gasteiger partial charge is 0.346 e. The van der Waals surface area contributed by atoms with Gasteiger partial charge in [0.05, 0.1) is 6.04 Å². The maximum atomic E-state index is 12.6. The highest BCUT2D eigenvalue weighted by Gasteiger charge is 2.15. The van der Waals surface area contributed by atoms with E-state index in [1.165, 1.54) is 12.3 Å². The van der Waals surface area contributed by atoms with Gasteiger partial charge in [0.1, 0.15) is 5.69 Å². The lowest BCUT2D eigenvalue weighted by Crippen LogP contribution is -2.27. The standard InChI is InChI=1S/C23H23N3O2/c1-15-9-10-20(16(2)13-15)26-23(28)21-14-19(11-12-24-21)22(27)25-17(3)18-7-5-4-6-8-18/h4-14,17H,1-3H3,(H,25,27)(H,26,28). The van der Waals surface area contributed by atoms with Crippen molar-refractivity contribution in [1.29, 1.82) is 0 Å². The van der Waals surface area contributed by atoms with E-state index in [2.05, 4.69) is 15.6 Å². The van der Waals surface area contributed by atoms with Crippen LogP contribution in [0.15, 0.2) is 66.9 Å². The summed E-state index contributed by atoms with van der Waals surface area (Å²) in [7, 11) is 0. The SMILES string of the molecule is Cc1ccc(NC(=O)c2cc(C(=O)NC(C)c3ccccc3)ccn2)c(C)c1. The minimum atomic E-state index is -0.349. The van der Waals surface area contributed by atoms with Crippen molar-refractivity contribution in [2.24, 2.45) is 0 Å². The Hall–Kier alpha value is -3.47. The Kier molecular flexibility index (Phi) is 5.84. The summed E-state index contributed by atoms with van der Waals surface area (Å²) in [6.45, 7) is 5.85. The molecule has 0 aliphatic carbocycles. The number of aryl methyl sites for hydroxylation is 2. The number of anilines is 1. The molecule has 2 aromatic carbocycles. The first-order chi connectivity index (χ1) is 13.4. The third-order valence-electron chi connectivity index (χ3n) is 4.53. The Morgan fingerprint density at radius 3 is 2.39 bits per heavy atom. The van der Waals surface area contributed by atoms with Crippen LogP contribution in [0.3, 0.4) is 0 Å². The second-order valence-corrected chi connectivity index (χ2v) is 6.81. The van der Waals surface area contributed by atoms with Crippen molar-refractivity contribution in [3.05, 3.63) is 94.8 Å². The molecule has 0 saturated carbocycles. The van der Waals surface area contributed by atoms with Gasteiger partial charge in [0.2, 0.25) is 0 Å². The summed E-state index contributed by atoms with van der Waals surface area (Å²) in [6, 6.07) is 18.5. The molecule has 1 aromatic heterocycles. The van der Waals surface area contributed by atoms with Gasteiger partial charge in [-0.25, -0.2) is 0 Å². The second kappa shape index (κ2) is 8.48. The topological polar surface area (TPSA) is 71.1 Å². The zero-order chi connectivity index (χ0) is 20.1. The van der Waals surface area contributed by atoms with Crippen molar-refractivity contribution in [2.75, 3.05) is 5.32 Å². The Morgan fingerprint density at radius 2 is 1.68 bits per heavy atom. The molecule has 1 atom stereocenters. The molecular formula is C23H23N3O2. The number of rotatable bonds is 5. The van der Waals surface area contributed by atoms with Crippen molar-refractivity contribution in [1.82, 2.24) is 10.3 Å². The van der Waals surface area contributed by atoms with Crippen LogP contribution in [0.1, 0.15) is 50.5 Å². The zero-order valence-electron chi connectivity index (χ0n) is 16.2. The first-order valence-electron chi connectivity index (χ1n) is 9.14. The van der Waals surface area contributed by atoms with Gasteiger partial charge in [-0.1, -0.05) is 48.0 Å². The van der Waals surface area contributed by atoms with Crippen LogP contribution in [0.2, 0.25) is 0 Å². The third-order valence-corrected chi connectivity index (χ3v) is 4.53. The van der Waals surface area contributed by atoms with E-state index in [-0.39, 0.29) is 23.6 Å². The number of nitrogens with zero attached hydrogens (tertiary/aromatic N) is 1. The van der Waals surface area contributed by atoms with E-state index in [9.17, 15) is 9.59 Å². The van der Waals surface area contributed by atoms with Gasteiger partial charge >= 0.3 is 0 Å². The van der Waals surface area contributed by atoms with E-state index in [0.717, 1.165) is 22.4 Å². The van der Waals surface area contributed by atoms with E-state index in [4.69, 9.17) is 0 Å². The zero-order valence-corrected chi connectivity index (χ0v) is 16.2. The van der Waals surface area contributed by atoms with Gasteiger partial charge < -0.3 is 10.6 Å². The quantitative estimate of drug-likeness (QED) is 0.694. The van der Waals surface area contributed by atoms with Crippen LogP contribution in [0.25, 0.3) is 0 Å². The van der Waals surface area contributed by atoms with Gasteiger partial charge in [0.15, 0.2) is 0 Å². The molecule has 142 valence electrons. The van der Waals surface area contributed by atoms with Crippen LogP contribution in [0.5, 0.6) is 0 Å². The lowest BCUT2D eigenvalue weighted by molar-refractivity contribution is 0.0939. The van der Waals surface area contributed by atoms with Gasteiger partial charge in [-0.2, -0.15) is 0 Å². The van der Waals surface area contributed by atoms with Crippen LogP contribution in [0, 0.1) is 13.8 Å². The molecule has 0 saturated heterocycles. The molecule has 0 aliphatic rings. The first kappa shape index (κ1) is 19.3. The number of carbonyl (C=O) groups excluding carboxylic acids is 2. The average Bonchev–Trinajstić information content (AvgIpc) is 2.70. The monoisotopic (exact) mass is 373 g/mol. The molecule has 0 aliphatic heterocycles. The summed E-state index contributed by atoms with van der Waals surface area (Å²) in [4.78, 5) is 29.3. The number of carbonyl (C=O) groups is 2. The van der Waals surface area contributed by atoms with Crippen molar-refractivity contribution in [3.8, 4) is 0 Å². The van der Waals surface area contributed by atoms with E-state index >= 15 is 0 Å². The molecule has 5 nitrogen and oxygen atoms in total. The Bertz CT molecular complexity index is 1000. The summed E-state index contributed by atoms with van der Waals surface area (Å²) in [5.74, 6) is -0.600. The molecule has 5 heteroatoms. The van der Waals surface area contributed by atoms with E-state index < -0.39 is 0 Å². The molecule has 2 amide bonds. The maximum Gasteiger partial charge on any atom is 0.274 e. The summed E-state index contributed by atoms with van der Waals surface area (Å²) < 4.78 is 0. The number of amides is 2. The molecule has 3 aromatic rings. The lowest BCUT2D eigenvalue weighted by Gasteiger charge is -2.14. The molecular weight excluding hydrogens is 350 g/mol. The molecule has 0 radical (unpaired) electrons. The van der Waals surface area contributed by atoms with Crippen molar-refractivity contribution in [2.45, 2.75) is 26.8 Å². The van der Waals surface area contributed by atoms with Crippen LogP contribution in [-0.4, -0.2) is 16.8 Å². The highest BCUT2D eigenvalue weighted by atomic mass is 16.2. The van der Waals surface area contributed by atoms with Gasteiger partial charge in [-0.05, 0) is 50.1 Å². The fraction of sp³-hybridized carbons (Fsp3) is 0.174. The van der Waals surface area contributed by atoms with Crippen molar-refractivity contribution in [3.63, 3.8) is 0 Å². The predicted octanol–water partition coefficient (Wildman–Crippen LogP) is 4.44. The number of pyridine rings is 1. The summed E-state index contributed by atoms with van der Waals surface area (Å²) in [6.07, 6.45) is 1.47. The molecule has 3 rings (SSSR count). The fourth-order valence-corrected chi connectivity index (χ4v) is 2.94. The summed E-state index contributed by atoms with van der Waals surface area (Å²) in [5.41, 5.74) is 4.42. The highest BCUT2D eigenvalue weighted by molar-refractivity contribution is 6.05. The van der Waals surface area contributed by atoms with Gasteiger partial charge in [0.25, 0.3) is 11.8 Å². The molecule has 0 fully saturated rings. The van der Waals surface area contributed by atoms with E-state index in [1.807, 2.05) is 69.3 Å². The lowest BCUT2D eigenvalue weighted by atomic mass is 10.1. The van der Waals surface area contributed by atoms with Crippen molar-refractivity contribution < 1.29 is 9.59 Å². The molecule has 1 unspecified atom stereocenters. The highest BCUT2D eigenvalue weighted by Crippen LogP contribution is 2.17. The number of hydrogen-bond acceptors (Lipinski definition) is 3. The van der Waals surface area contributed by atoms with Crippen LogP contribution < -0.4 is 10.6 Å². The van der Waals surface area contributed by atoms with Gasteiger partial charge in [0, 0.05) is 17.4 Å². The van der Waals surface area contributed by atoms with Crippen molar-refractivity contribution >= 4 is 17.5 Å². The van der Waals surface area contributed by atoms with E-state index in [1.54, 1.807) is 6.07 Å². The number of hydrogen-bond donors (Lipinski definition) is 2. The fourth-order valence-electron chi connectivity index (χ4n) is 2.94. The van der Waals surface area contributed by atoms with E-state index in [0.29, 0.717) is 5.56 Å². The maximum absolute atomic E-state index is 12.6. The molecule has 1 heterocycles. The average molecular weight is 373 g/mol. The number of benzene rings is 2. The number of aromatic nitrogens is 1. The van der Waals surface area contributed by atoms with Crippen LogP contribution in [-0.2, 0) is 0 Å². The number of nitrogens with one attached hydrogen (secondary N) is 2. The molecule has 2 N–H and O–H groups in total. The molecule has 0 bridgehead atoms. The predicted molar refractivity (Wildman–Crippen MR) is 110 cm³/mol. The minimum Gasteiger partial charge on any atom is -0.346 e. The van der Waals surface area contributed by atoms with Crippen LogP contribution >= 0.6 is 0 Å². The van der Waals surface area contributed by atoms with Crippen LogP contribution in [0.4, 0.5) is 5.69 Å². The smallest absolute Gasteiger partial charge is 0.274 e. The Labute approximate surface area is 164 Å². The second-order valence-electron chi connectivity index (χ2n) is 6.81.